The van der Waals surface area contributed by atoms with Crippen molar-refractivity contribution in [2.75, 3.05) is 76.4 Å². The molecule has 0 radical (unpaired) electrons. The first-order valence-corrected chi connectivity index (χ1v) is 39.8. The van der Waals surface area contributed by atoms with E-state index in [2.05, 4.69) is 20.8 Å². The van der Waals surface area contributed by atoms with Gasteiger partial charge in [0.05, 0.1) is 0 Å². The number of carbonyl (C=O) groups excluding carboxylic acids is 3. The molecule has 15 nitrogen and oxygen atoms in total. The zero-order valence-electron chi connectivity index (χ0n) is 62.0. The quantitative estimate of drug-likeness (QED) is 0.0263. The molecule has 1 aromatic heterocycles. The summed E-state index contributed by atoms with van der Waals surface area (Å²) in [6.07, 6.45) is 74.6. The molecule has 0 aliphatic rings. The predicted octanol–water partition coefficient (Wildman–Crippen LogP) is 23.1. The number of rotatable bonds is 75. The predicted molar refractivity (Wildman–Crippen MR) is 390 cm³/mol. The summed E-state index contributed by atoms with van der Waals surface area (Å²) in [5.74, 6) is -0.529. The lowest BCUT2D eigenvalue weighted by molar-refractivity contribution is -0.144. The van der Waals surface area contributed by atoms with Crippen LogP contribution in [0.25, 0.3) is 0 Å². The molecule has 0 aliphatic carbocycles. The van der Waals surface area contributed by atoms with Gasteiger partial charge in [-0.15, -0.1) is 0 Å². The average molecular weight is 1320 g/mol. The summed E-state index contributed by atoms with van der Waals surface area (Å²) in [6.45, 7) is 6.31. The lowest BCUT2D eigenvalue weighted by atomic mass is 10.0. The lowest BCUT2D eigenvalue weighted by Crippen LogP contribution is -2.37. The third-order valence-electron chi connectivity index (χ3n) is 18.4. The Morgan fingerprint density at radius 1 is 0.226 bits per heavy atom. The molecule has 0 saturated carbocycles. The van der Waals surface area contributed by atoms with Gasteiger partial charge in [-0.25, -0.2) is 0 Å². The van der Waals surface area contributed by atoms with Gasteiger partial charge in [0, 0.05) is 40.6 Å². The van der Waals surface area contributed by atoms with Crippen LogP contribution in [0.5, 0.6) is 0 Å². The topological polar surface area (TPSA) is 155 Å². The summed E-state index contributed by atoms with van der Waals surface area (Å²) in [5, 5.41) is 0. The fourth-order valence-corrected chi connectivity index (χ4v) is 12.4. The number of methoxy groups -OCH3 is 3. The number of unbranched alkanes of at least 4 members (excludes halogenated alkanes) is 54. The zero-order chi connectivity index (χ0) is 67.2. The van der Waals surface area contributed by atoms with Crippen molar-refractivity contribution in [3.05, 3.63) is 0 Å². The highest BCUT2D eigenvalue weighted by molar-refractivity contribution is 5.70. The minimum absolute atomic E-state index is 0.00711. The maximum absolute atomic E-state index is 13.2. The van der Waals surface area contributed by atoms with Crippen LogP contribution in [0, 0.1) is 0 Å². The molecular weight excluding hydrogens is 1160 g/mol. The van der Waals surface area contributed by atoms with Crippen molar-refractivity contribution >= 4 is 35.8 Å². The van der Waals surface area contributed by atoms with Crippen molar-refractivity contribution in [2.45, 2.75) is 406 Å². The SMILES string of the molecule is CCCCCCCCCCCCCCCCCCCCCC(=O)OCN(COC)c1nc(N(COC)COC(=O)CCCCCCCCCCCCCCCCCCCCC)nc(N(COC)COC(=O)CCCCCCCCCCCCCCCCCCCCC)n1. The van der Waals surface area contributed by atoms with Crippen molar-refractivity contribution in [3.8, 4) is 0 Å². The standard InChI is InChI=1S/C78H150N6O9/c1-7-10-13-16-19-22-25-28-31-34-37-40-43-46-49-52-55-58-61-64-73(85)91-70-82(67-88-4)76-79-77(83(68-89-5)71-92-74(86)65-62-59-56-53-50-47-44-41-38-35-32-29-26-23-20-17-14-11-8-2)81-78(80-76)84(69-90-6)72-93-75(87)66-63-60-57-54-51-48-45-42-39-36-33-30-27-24-21-18-15-12-9-3/h7-72H2,1-6H3. The number of hydrogen-bond acceptors (Lipinski definition) is 15. The summed E-state index contributed by atoms with van der Waals surface area (Å²) in [5.41, 5.74) is 0. The van der Waals surface area contributed by atoms with Gasteiger partial charge in [-0.2, -0.15) is 15.0 Å². The van der Waals surface area contributed by atoms with E-state index in [1.165, 1.54) is 308 Å². The minimum atomic E-state index is -0.312. The molecule has 0 spiro atoms. The van der Waals surface area contributed by atoms with Crippen molar-refractivity contribution in [1.29, 1.82) is 0 Å². The van der Waals surface area contributed by atoms with Crippen molar-refractivity contribution < 1.29 is 42.8 Å². The number of anilines is 3. The van der Waals surface area contributed by atoms with Crippen LogP contribution < -0.4 is 14.7 Å². The van der Waals surface area contributed by atoms with Crippen molar-refractivity contribution in [3.63, 3.8) is 0 Å². The van der Waals surface area contributed by atoms with Gasteiger partial charge in [0.1, 0.15) is 20.2 Å². The van der Waals surface area contributed by atoms with Gasteiger partial charge in [0.25, 0.3) is 0 Å². The smallest absolute Gasteiger partial charge is 0.307 e. The van der Waals surface area contributed by atoms with Gasteiger partial charge in [0.15, 0.2) is 20.2 Å². The lowest BCUT2D eigenvalue weighted by Gasteiger charge is -2.27. The minimum Gasteiger partial charge on any atom is -0.444 e. The maximum Gasteiger partial charge on any atom is 0.307 e. The highest BCUT2D eigenvalue weighted by atomic mass is 16.6. The second-order valence-corrected chi connectivity index (χ2v) is 27.4. The third-order valence-corrected chi connectivity index (χ3v) is 18.4. The summed E-state index contributed by atoms with van der Waals surface area (Å²) in [6, 6.07) is 0. The summed E-state index contributed by atoms with van der Waals surface area (Å²) < 4.78 is 34.2. The van der Waals surface area contributed by atoms with Crippen LogP contribution in [0.1, 0.15) is 406 Å². The Kier molecular flexibility index (Phi) is 66.0. The Bertz CT molecular complexity index is 1560. The molecule has 0 atom stereocenters. The van der Waals surface area contributed by atoms with Gasteiger partial charge in [-0.1, -0.05) is 367 Å². The molecule has 0 saturated heterocycles. The van der Waals surface area contributed by atoms with Crippen LogP contribution in [-0.4, -0.2) is 94.6 Å². The van der Waals surface area contributed by atoms with Crippen LogP contribution in [0.4, 0.5) is 17.8 Å². The van der Waals surface area contributed by atoms with Crippen LogP contribution >= 0.6 is 0 Å². The highest BCUT2D eigenvalue weighted by Gasteiger charge is 2.24. The molecule has 546 valence electrons. The molecule has 1 heterocycles. The largest absolute Gasteiger partial charge is 0.444 e. The molecule has 0 aliphatic heterocycles. The first-order valence-electron chi connectivity index (χ1n) is 39.8. The molecule has 1 aromatic rings. The Morgan fingerprint density at radius 2 is 0.366 bits per heavy atom. The number of aromatic nitrogens is 3. The number of ether oxygens (including phenoxy) is 6. The van der Waals surface area contributed by atoms with Gasteiger partial charge in [0.2, 0.25) is 17.8 Å². The summed E-state index contributed by atoms with van der Waals surface area (Å²) >= 11 is 0. The normalized spacial score (nSPS) is 11.4. The van der Waals surface area contributed by atoms with E-state index in [-0.39, 0.29) is 76.1 Å². The molecule has 0 aromatic carbocycles. The highest BCUT2D eigenvalue weighted by Crippen LogP contribution is 2.23. The Hall–Kier alpha value is -3.30. The second kappa shape index (κ2) is 70.0. The van der Waals surface area contributed by atoms with Gasteiger partial charge in [-0.3, -0.25) is 29.1 Å². The molecule has 0 bridgehead atoms. The van der Waals surface area contributed by atoms with Gasteiger partial charge < -0.3 is 28.4 Å². The van der Waals surface area contributed by atoms with E-state index < -0.39 is 0 Å². The fourth-order valence-electron chi connectivity index (χ4n) is 12.4. The molecule has 0 unspecified atom stereocenters. The van der Waals surface area contributed by atoms with E-state index in [0.29, 0.717) is 19.3 Å². The number of nitrogens with zero attached hydrogens (tertiary/aromatic N) is 6. The molecule has 1 rings (SSSR count). The monoisotopic (exact) mass is 1320 g/mol. The van der Waals surface area contributed by atoms with Crippen LogP contribution in [0.15, 0.2) is 0 Å². The van der Waals surface area contributed by atoms with Crippen LogP contribution in [-0.2, 0) is 42.8 Å². The molecule has 0 N–H and O–H groups in total. The van der Waals surface area contributed by atoms with E-state index in [1.54, 1.807) is 36.0 Å². The number of hydrogen-bond donors (Lipinski definition) is 0. The second-order valence-electron chi connectivity index (χ2n) is 27.4. The average Bonchev–Trinajstić information content (AvgIpc) is 2.97. The summed E-state index contributed by atoms with van der Waals surface area (Å²) in [7, 11) is 4.64. The van der Waals surface area contributed by atoms with Crippen LogP contribution in [0.2, 0.25) is 0 Å². The van der Waals surface area contributed by atoms with E-state index in [4.69, 9.17) is 43.4 Å². The molecule has 15 heteroatoms. The van der Waals surface area contributed by atoms with Crippen molar-refractivity contribution in [1.82, 2.24) is 15.0 Å². The first-order chi connectivity index (χ1) is 45.8. The van der Waals surface area contributed by atoms with E-state index in [0.717, 1.165) is 57.8 Å². The number of esters is 3. The van der Waals surface area contributed by atoms with E-state index in [1.807, 2.05) is 0 Å². The van der Waals surface area contributed by atoms with Gasteiger partial charge >= 0.3 is 17.9 Å². The fraction of sp³-hybridized carbons (Fsp3) is 0.923. The maximum atomic E-state index is 13.2. The first kappa shape index (κ1) is 87.7. The van der Waals surface area contributed by atoms with Gasteiger partial charge in [-0.05, 0) is 19.3 Å². The molecule has 93 heavy (non-hydrogen) atoms. The molecule has 0 fully saturated rings. The Morgan fingerprint density at radius 3 is 0.505 bits per heavy atom. The molecule has 0 amide bonds. The van der Waals surface area contributed by atoms with E-state index in [9.17, 15) is 14.4 Å². The molecular formula is C78H150N6O9. The zero-order valence-corrected chi connectivity index (χ0v) is 62.0. The van der Waals surface area contributed by atoms with Crippen molar-refractivity contribution in [2.24, 2.45) is 0 Å². The number of carbonyl (C=O) groups is 3. The third kappa shape index (κ3) is 57.5. The van der Waals surface area contributed by atoms with E-state index >= 15 is 0 Å². The Balaban J connectivity index is 2.75. The Labute approximate surface area is 573 Å². The summed E-state index contributed by atoms with van der Waals surface area (Å²) in [4.78, 5) is 58.7. The van der Waals surface area contributed by atoms with Crippen LogP contribution in [0.3, 0.4) is 0 Å².